The fourth-order valence-corrected chi connectivity index (χ4v) is 2.64. The Kier molecular flexibility index (Phi) is 5.90. The van der Waals surface area contributed by atoms with Gasteiger partial charge in [-0.2, -0.15) is 0 Å². The van der Waals surface area contributed by atoms with E-state index in [0.717, 1.165) is 10.9 Å². The van der Waals surface area contributed by atoms with Crippen LogP contribution >= 0.6 is 0 Å². The molecule has 2 aromatic carbocycles. The van der Waals surface area contributed by atoms with E-state index >= 15 is 0 Å². The highest BCUT2D eigenvalue weighted by molar-refractivity contribution is 6.00. The number of carboxylic acids is 1. The van der Waals surface area contributed by atoms with Gasteiger partial charge in [-0.1, -0.05) is 62.4 Å². The summed E-state index contributed by atoms with van der Waals surface area (Å²) in [6.45, 7) is 4.00. The molecule has 0 aliphatic rings. The Morgan fingerprint density at radius 2 is 1.62 bits per heavy atom. The molecule has 4 heteroatoms. The highest BCUT2D eigenvalue weighted by Crippen LogP contribution is 2.29. The van der Waals surface area contributed by atoms with E-state index in [-0.39, 0.29) is 12.2 Å². The van der Waals surface area contributed by atoms with Crippen LogP contribution < -0.4 is 0 Å². The van der Waals surface area contributed by atoms with Crippen molar-refractivity contribution in [1.82, 2.24) is 4.98 Å². The van der Waals surface area contributed by atoms with Gasteiger partial charge in [-0.05, 0) is 11.6 Å². The summed E-state index contributed by atoms with van der Waals surface area (Å²) in [5, 5.41) is 10.4. The number of H-pyrrole nitrogens is 1. The molecule has 1 atom stereocenters. The van der Waals surface area contributed by atoms with Gasteiger partial charge in [0, 0.05) is 29.1 Å². The topological polar surface area (TPSA) is 70.2 Å². The lowest BCUT2D eigenvalue weighted by atomic mass is 9.91. The summed E-state index contributed by atoms with van der Waals surface area (Å²) in [5.74, 6) is -2.02. The van der Waals surface area contributed by atoms with Crippen molar-refractivity contribution in [2.75, 3.05) is 0 Å². The number of Topliss-reactive ketones (excluding diaryl/α,β-unsaturated/α-hetero) is 1. The number of fused-ring (bicyclic) bond motifs is 1. The van der Waals surface area contributed by atoms with E-state index in [0.29, 0.717) is 11.1 Å². The third kappa shape index (κ3) is 3.71. The SMILES string of the molecule is CC.O=C(CC(C(=O)O)c1c[nH]c2ccccc12)c1ccccc1. The van der Waals surface area contributed by atoms with Crippen LogP contribution in [0.2, 0.25) is 0 Å². The molecule has 3 aromatic rings. The Morgan fingerprint density at radius 1 is 1.00 bits per heavy atom. The largest absolute Gasteiger partial charge is 0.481 e. The van der Waals surface area contributed by atoms with E-state index in [1.54, 1.807) is 30.5 Å². The summed E-state index contributed by atoms with van der Waals surface area (Å²) in [6.07, 6.45) is 1.63. The Balaban J connectivity index is 0.00000100. The Bertz CT molecular complexity index is 821. The molecule has 0 radical (unpaired) electrons. The number of nitrogens with one attached hydrogen (secondary N) is 1. The number of carbonyl (C=O) groups excluding carboxylic acids is 1. The number of aromatic amines is 1. The van der Waals surface area contributed by atoms with Crippen LogP contribution in [0.5, 0.6) is 0 Å². The number of aromatic nitrogens is 1. The van der Waals surface area contributed by atoms with Crippen LogP contribution in [0.3, 0.4) is 0 Å². The molecular weight excluding hydrogens is 302 g/mol. The zero-order chi connectivity index (χ0) is 17.5. The average Bonchev–Trinajstić information content (AvgIpc) is 3.05. The van der Waals surface area contributed by atoms with E-state index in [2.05, 4.69) is 4.98 Å². The second-order valence-electron chi connectivity index (χ2n) is 5.17. The number of benzene rings is 2. The fraction of sp³-hybridized carbons (Fsp3) is 0.200. The van der Waals surface area contributed by atoms with Gasteiger partial charge in [-0.25, -0.2) is 0 Å². The number of ketones is 1. The zero-order valence-corrected chi connectivity index (χ0v) is 13.8. The lowest BCUT2D eigenvalue weighted by Gasteiger charge is -2.11. The maximum absolute atomic E-state index is 12.3. The minimum atomic E-state index is -0.992. The molecule has 0 aliphatic heterocycles. The molecule has 0 bridgehead atoms. The maximum Gasteiger partial charge on any atom is 0.311 e. The van der Waals surface area contributed by atoms with Crippen LogP contribution in [0.15, 0.2) is 60.8 Å². The number of hydrogen-bond donors (Lipinski definition) is 2. The first-order valence-electron chi connectivity index (χ1n) is 8.04. The van der Waals surface area contributed by atoms with Gasteiger partial charge in [0.05, 0.1) is 5.92 Å². The molecule has 0 spiro atoms. The van der Waals surface area contributed by atoms with E-state index in [1.165, 1.54) is 0 Å². The predicted molar refractivity (Wildman–Crippen MR) is 95.4 cm³/mol. The summed E-state index contributed by atoms with van der Waals surface area (Å²) in [5.41, 5.74) is 2.05. The smallest absolute Gasteiger partial charge is 0.311 e. The van der Waals surface area contributed by atoms with Crippen molar-refractivity contribution in [3.63, 3.8) is 0 Å². The molecule has 124 valence electrons. The average molecular weight is 323 g/mol. The van der Waals surface area contributed by atoms with E-state index in [1.807, 2.05) is 44.2 Å². The molecule has 2 N–H and O–H groups in total. The van der Waals surface area contributed by atoms with E-state index in [9.17, 15) is 14.7 Å². The molecule has 1 heterocycles. The van der Waals surface area contributed by atoms with Crippen LogP contribution in [-0.4, -0.2) is 21.8 Å². The van der Waals surface area contributed by atoms with Crippen molar-refractivity contribution in [3.8, 4) is 0 Å². The second kappa shape index (κ2) is 8.11. The van der Waals surface area contributed by atoms with Crippen LogP contribution in [0.25, 0.3) is 10.9 Å². The van der Waals surface area contributed by atoms with Crippen LogP contribution in [-0.2, 0) is 4.79 Å². The molecule has 0 saturated carbocycles. The third-order valence-electron chi connectivity index (χ3n) is 3.78. The van der Waals surface area contributed by atoms with Gasteiger partial charge >= 0.3 is 5.97 Å². The molecule has 24 heavy (non-hydrogen) atoms. The van der Waals surface area contributed by atoms with Crippen LogP contribution in [0.4, 0.5) is 0 Å². The first-order valence-corrected chi connectivity index (χ1v) is 8.04. The van der Waals surface area contributed by atoms with Gasteiger partial charge < -0.3 is 10.1 Å². The Morgan fingerprint density at radius 3 is 2.29 bits per heavy atom. The lowest BCUT2D eigenvalue weighted by molar-refractivity contribution is -0.138. The molecule has 4 nitrogen and oxygen atoms in total. The minimum absolute atomic E-state index is 0.0544. The van der Waals surface area contributed by atoms with E-state index in [4.69, 9.17) is 0 Å². The summed E-state index contributed by atoms with van der Waals surface area (Å²) in [7, 11) is 0. The zero-order valence-electron chi connectivity index (χ0n) is 13.8. The molecule has 3 rings (SSSR count). The van der Waals surface area contributed by atoms with Crippen molar-refractivity contribution in [1.29, 1.82) is 0 Å². The normalized spacial score (nSPS) is 11.4. The third-order valence-corrected chi connectivity index (χ3v) is 3.78. The molecular formula is C20H21NO3. The molecule has 1 aromatic heterocycles. The number of carbonyl (C=O) groups is 2. The van der Waals surface area contributed by atoms with Gasteiger partial charge in [-0.15, -0.1) is 0 Å². The van der Waals surface area contributed by atoms with Gasteiger partial charge in [0.25, 0.3) is 0 Å². The number of para-hydroxylation sites is 1. The van der Waals surface area contributed by atoms with Gasteiger partial charge in [0.1, 0.15) is 0 Å². The van der Waals surface area contributed by atoms with Crippen molar-refractivity contribution >= 4 is 22.7 Å². The summed E-state index contributed by atoms with van der Waals surface area (Å²) >= 11 is 0. The van der Waals surface area contributed by atoms with Crippen LogP contribution in [0.1, 0.15) is 42.1 Å². The van der Waals surface area contributed by atoms with Crippen LogP contribution in [0, 0.1) is 0 Å². The summed E-state index contributed by atoms with van der Waals surface area (Å²) < 4.78 is 0. The molecule has 0 saturated heterocycles. The Labute approximate surface area is 141 Å². The highest BCUT2D eigenvalue weighted by Gasteiger charge is 2.26. The monoisotopic (exact) mass is 323 g/mol. The quantitative estimate of drug-likeness (QED) is 0.672. The fourth-order valence-electron chi connectivity index (χ4n) is 2.64. The maximum atomic E-state index is 12.3. The number of carboxylic acid groups (broad SMARTS) is 1. The lowest BCUT2D eigenvalue weighted by Crippen LogP contribution is -2.16. The molecule has 1 unspecified atom stereocenters. The van der Waals surface area contributed by atoms with Gasteiger partial charge in [0.2, 0.25) is 0 Å². The first kappa shape index (κ1) is 17.5. The van der Waals surface area contributed by atoms with Crippen molar-refractivity contribution in [3.05, 3.63) is 71.9 Å². The molecule has 0 aliphatic carbocycles. The summed E-state index contributed by atoms with van der Waals surface area (Å²) in [4.78, 5) is 27.0. The van der Waals surface area contributed by atoms with Gasteiger partial charge in [0.15, 0.2) is 5.78 Å². The number of aliphatic carboxylic acids is 1. The molecule has 0 fully saturated rings. The van der Waals surface area contributed by atoms with Crippen molar-refractivity contribution < 1.29 is 14.7 Å². The summed E-state index contributed by atoms with van der Waals surface area (Å²) in [6, 6.07) is 16.3. The number of hydrogen-bond acceptors (Lipinski definition) is 2. The predicted octanol–water partition coefficient (Wildman–Crippen LogP) is 4.64. The van der Waals surface area contributed by atoms with E-state index < -0.39 is 11.9 Å². The van der Waals surface area contributed by atoms with Gasteiger partial charge in [-0.3, -0.25) is 9.59 Å². The highest BCUT2D eigenvalue weighted by atomic mass is 16.4. The number of rotatable bonds is 5. The van der Waals surface area contributed by atoms with Crippen molar-refractivity contribution in [2.24, 2.45) is 0 Å². The first-order chi connectivity index (χ1) is 11.7. The molecule has 0 amide bonds. The van der Waals surface area contributed by atoms with Crippen molar-refractivity contribution in [2.45, 2.75) is 26.2 Å². The second-order valence-corrected chi connectivity index (χ2v) is 5.17. The minimum Gasteiger partial charge on any atom is -0.481 e. The Hall–Kier alpha value is -2.88. The standard InChI is InChI=1S/C18H15NO3.C2H6/c20-17(12-6-2-1-3-7-12)10-14(18(21)22)15-11-19-16-9-5-4-8-13(15)16;1-2/h1-9,11,14,19H,10H2,(H,21,22);1-2H3.